The van der Waals surface area contributed by atoms with Crippen molar-refractivity contribution in [2.45, 2.75) is 58.9 Å². The molecule has 2 aromatic carbocycles. The summed E-state index contributed by atoms with van der Waals surface area (Å²) in [5, 5.41) is 0. The quantitative estimate of drug-likeness (QED) is 0.550. The standard InChI is InChI=1S/C26H33NO7/c1-7-32-24(28)21-14-20-18(15-27(21)25(29)34-26(2,3)4)10-13-22(31-6)23(20)33-16-17-8-11-19(30-5)12-9-17/h8-13,21H,7,14-16H2,1-6H3. The second-order valence-electron chi connectivity index (χ2n) is 8.95. The number of fused-ring (bicyclic) bond motifs is 1. The van der Waals surface area contributed by atoms with E-state index >= 15 is 0 Å². The molecule has 8 heteroatoms. The molecule has 8 nitrogen and oxygen atoms in total. The van der Waals surface area contributed by atoms with Gasteiger partial charge in [0.05, 0.1) is 27.4 Å². The van der Waals surface area contributed by atoms with Gasteiger partial charge in [0.2, 0.25) is 0 Å². The molecule has 0 radical (unpaired) electrons. The van der Waals surface area contributed by atoms with Gasteiger partial charge in [0.15, 0.2) is 11.5 Å². The van der Waals surface area contributed by atoms with Gasteiger partial charge in [0.1, 0.15) is 24.0 Å². The molecular formula is C26H33NO7. The van der Waals surface area contributed by atoms with Crippen LogP contribution in [-0.2, 0) is 33.8 Å². The molecule has 2 aromatic rings. The molecule has 0 spiro atoms. The first-order valence-corrected chi connectivity index (χ1v) is 11.3. The Balaban J connectivity index is 1.93. The predicted octanol–water partition coefficient (Wildman–Crippen LogP) is 4.51. The van der Waals surface area contributed by atoms with E-state index in [-0.39, 0.29) is 19.6 Å². The van der Waals surface area contributed by atoms with E-state index in [1.807, 2.05) is 30.3 Å². The van der Waals surface area contributed by atoms with E-state index < -0.39 is 23.7 Å². The highest BCUT2D eigenvalue weighted by molar-refractivity contribution is 5.83. The number of carbonyl (C=O) groups is 2. The molecule has 1 amide bonds. The van der Waals surface area contributed by atoms with Crippen molar-refractivity contribution in [1.82, 2.24) is 4.90 Å². The lowest BCUT2D eigenvalue weighted by Crippen LogP contribution is -2.50. The van der Waals surface area contributed by atoms with Gasteiger partial charge in [0.25, 0.3) is 0 Å². The smallest absolute Gasteiger partial charge is 0.411 e. The van der Waals surface area contributed by atoms with Gasteiger partial charge in [0, 0.05) is 12.0 Å². The number of esters is 1. The summed E-state index contributed by atoms with van der Waals surface area (Å²) in [4.78, 5) is 27.2. The number of ether oxygens (including phenoxy) is 5. The molecule has 1 heterocycles. The van der Waals surface area contributed by atoms with Crippen LogP contribution in [0.5, 0.6) is 17.2 Å². The van der Waals surface area contributed by atoms with Crippen molar-refractivity contribution in [2.75, 3.05) is 20.8 Å². The van der Waals surface area contributed by atoms with Crippen molar-refractivity contribution >= 4 is 12.1 Å². The Bertz CT molecular complexity index is 1010. The molecule has 1 unspecified atom stereocenters. The molecule has 34 heavy (non-hydrogen) atoms. The Morgan fingerprint density at radius 3 is 2.32 bits per heavy atom. The van der Waals surface area contributed by atoms with E-state index in [9.17, 15) is 9.59 Å². The van der Waals surface area contributed by atoms with Gasteiger partial charge in [-0.15, -0.1) is 0 Å². The second kappa shape index (κ2) is 10.7. The largest absolute Gasteiger partial charge is 0.497 e. The third kappa shape index (κ3) is 5.92. The van der Waals surface area contributed by atoms with Gasteiger partial charge in [-0.05, 0) is 57.0 Å². The number of hydrogen-bond donors (Lipinski definition) is 0. The van der Waals surface area contributed by atoms with Crippen LogP contribution in [0, 0.1) is 0 Å². The van der Waals surface area contributed by atoms with Gasteiger partial charge in [-0.2, -0.15) is 0 Å². The third-order valence-corrected chi connectivity index (χ3v) is 5.38. The molecule has 1 aliphatic rings. The van der Waals surface area contributed by atoms with Crippen LogP contribution in [0.15, 0.2) is 36.4 Å². The summed E-state index contributed by atoms with van der Waals surface area (Å²) in [5.74, 6) is 1.38. The average Bonchev–Trinajstić information content (AvgIpc) is 2.80. The van der Waals surface area contributed by atoms with Crippen LogP contribution >= 0.6 is 0 Å². The third-order valence-electron chi connectivity index (χ3n) is 5.38. The fourth-order valence-electron chi connectivity index (χ4n) is 3.77. The number of methoxy groups -OCH3 is 2. The van der Waals surface area contributed by atoms with Crippen LogP contribution in [0.2, 0.25) is 0 Å². The lowest BCUT2D eigenvalue weighted by Gasteiger charge is -2.37. The summed E-state index contributed by atoms with van der Waals surface area (Å²) in [6.45, 7) is 7.81. The molecule has 0 bridgehead atoms. The monoisotopic (exact) mass is 471 g/mol. The first-order valence-electron chi connectivity index (χ1n) is 11.3. The maximum Gasteiger partial charge on any atom is 0.411 e. The average molecular weight is 472 g/mol. The first kappa shape index (κ1) is 25.2. The lowest BCUT2D eigenvalue weighted by atomic mass is 9.92. The topological polar surface area (TPSA) is 83.5 Å². The van der Waals surface area contributed by atoms with E-state index in [2.05, 4.69) is 0 Å². The molecule has 0 fully saturated rings. The molecule has 0 saturated carbocycles. The number of amides is 1. The van der Waals surface area contributed by atoms with Crippen LogP contribution < -0.4 is 14.2 Å². The SMILES string of the molecule is CCOC(=O)C1Cc2c(ccc(OC)c2OCc2ccc(OC)cc2)CN1C(=O)OC(C)(C)C. The number of carbonyl (C=O) groups excluding carboxylic acids is 2. The molecule has 0 aromatic heterocycles. The van der Waals surface area contributed by atoms with Crippen molar-refractivity contribution in [2.24, 2.45) is 0 Å². The van der Waals surface area contributed by atoms with Gasteiger partial charge in [-0.25, -0.2) is 9.59 Å². The summed E-state index contributed by atoms with van der Waals surface area (Å²) < 4.78 is 27.8. The highest BCUT2D eigenvalue weighted by Crippen LogP contribution is 2.39. The van der Waals surface area contributed by atoms with Crippen molar-refractivity contribution in [1.29, 1.82) is 0 Å². The Morgan fingerprint density at radius 1 is 1.03 bits per heavy atom. The van der Waals surface area contributed by atoms with Crippen molar-refractivity contribution in [3.63, 3.8) is 0 Å². The zero-order chi connectivity index (χ0) is 24.9. The van der Waals surface area contributed by atoms with Crippen LogP contribution in [0.25, 0.3) is 0 Å². The van der Waals surface area contributed by atoms with Crippen LogP contribution in [0.1, 0.15) is 44.4 Å². The number of rotatable bonds is 7. The summed E-state index contributed by atoms with van der Waals surface area (Å²) in [5.41, 5.74) is 1.93. The fraction of sp³-hybridized carbons (Fsp3) is 0.462. The van der Waals surface area contributed by atoms with Gasteiger partial charge in [-0.1, -0.05) is 18.2 Å². The van der Waals surface area contributed by atoms with E-state index in [1.165, 1.54) is 4.90 Å². The Kier molecular flexibility index (Phi) is 7.91. The molecule has 0 saturated heterocycles. The van der Waals surface area contributed by atoms with E-state index in [0.717, 1.165) is 22.4 Å². The second-order valence-corrected chi connectivity index (χ2v) is 8.95. The van der Waals surface area contributed by atoms with E-state index in [4.69, 9.17) is 23.7 Å². The maximum absolute atomic E-state index is 12.9. The summed E-state index contributed by atoms with van der Waals surface area (Å²) in [6, 6.07) is 10.4. The number of benzene rings is 2. The molecular weight excluding hydrogens is 438 g/mol. The molecule has 1 aliphatic heterocycles. The first-order chi connectivity index (χ1) is 16.2. The molecule has 0 aliphatic carbocycles. The predicted molar refractivity (Wildman–Crippen MR) is 126 cm³/mol. The Labute approximate surface area is 200 Å². The van der Waals surface area contributed by atoms with Gasteiger partial charge in [-0.3, -0.25) is 4.90 Å². The highest BCUT2D eigenvalue weighted by Gasteiger charge is 2.39. The van der Waals surface area contributed by atoms with Crippen molar-refractivity contribution in [3.05, 3.63) is 53.1 Å². The lowest BCUT2D eigenvalue weighted by molar-refractivity contribution is -0.150. The zero-order valence-electron chi connectivity index (χ0n) is 20.7. The van der Waals surface area contributed by atoms with Crippen LogP contribution in [0.4, 0.5) is 4.79 Å². The van der Waals surface area contributed by atoms with Crippen LogP contribution in [-0.4, -0.2) is 49.4 Å². The van der Waals surface area contributed by atoms with Gasteiger partial charge < -0.3 is 23.7 Å². The summed E-state index contributed by atoms with van der Waals surface area (Å²) in [7, 11) is 3.19. The van der Waals surface area contributed by atoms with E-state index in [1.54, 1.807) is 48.0 Å². The fourth-order valence-corrected chi connectivity index (χ4v) is 3.77. The zero-order valence-corrected chi connectivity index (χ0v) is 20.7. The van der Waals surface area contributed by atoms with E-state index in [0.29, 0.717) is 18.1 Å². The highest BCUT2D eigenvalue weighted by atomic mass is 16.6. The number of hydrogen-bond acceptors (Lipinski definition) is 7. The minimum atomic E-state index is -0.835. The molecule has 184 valence electrons. The van der Waals surface area contributed by atoms with Crippen LogP contribution in [0.3, 0.4) is 0 Å². The van der Waals surface area contributed by atoms with Crippen molar-refractivity contribution < 1.29 is 33.3 Å². The maximum atomic E-state index is 12.9. The summed E-state index contributed by atoms with van der Waals surface area (Å²) in [6.07, 6.45) is -0.338. The van der Waals surface area contributed by atoms with Crippen molar-refractivity contribution in [3.8, 4) is 17.2 Å². The molecule has 1 atom stereocenters. The Morgan fingerprint density at radius 2 is 1.74 bits per heavy atom. The normalized spacial score (nSPS) is 15.2. The molecule has 0 N–H and O–H groups in total. The van der Waals surface area contributed by atoms with Gasteiger partial charge >= 0.3 is 12.1 Å². The minimum Gasteiger partial charge on any atom is -0.497 e. The Hall–Kier alpha value is -3.42. The summed E-state index contributed by atoms with van der Waals surface area (Å²) >= 11 is 0. The molecule has 3 rings (SSSR count). The number of nitrogens with zero attached hydrogens (tertiary/aromatic N) is 1. The minimum absolute atomic E-state index is 0.191.